The van der Waals surface area contributed by atoms with Gasteiger partial charge in [-0.2, -0.15) is 0 Å². The molecule has 2 atom stereocenters. The summed E-state index contributed by atoms with van der Waals surface area (Å²) in [6, 6.07) is 13.0. The molecule has 6 heteroatoms. The largest absolute Gasteiger partial charge is 0.425 e. The third kappa shape index (κ3) is 4.65. The molecule has 0 aromatic heterocycles. The first kappa shape index (κ1) is 17.7. The maximum Gasteiger partial charge on any atom is 0.343 e. The molecular weight excluding hydrogens is 312 g/mol. The van der Waals surface area contributed by atoms with Crippen LogP contribution in [0.2, 0.25) is 0 Å². The van der Waals surface area contributed by atoms with Crippen molar-refractivity contribution < 1.29 is 29.3 Å². The third-order valence-corrected chi connectivity index (χ3v) is 3.26. The van der Waals surface area contributed by atoms with Crippen molar-refractivity contribution >= 4 is 11.9 Å². The van der Waals surface area contributed by atoms with Gasteiger partial charge in [0.05, 0.1) is 0 Å². The van der Waals surface area contributed by atoms with Crippen molar-refractivity contribution in [3.8, 4) is 11.5 Å². The van der Waals surface area contributed by atoms with E-state index in [2.05, 4.69) is 0 Å². The van der Waals surface area contributed by atoms with Crippen LogP contribution in [0.3, 0.4) is 0 Å². The summed E-state index contributed by atoms with van der Waals surface area (Å²) in [4.78, 5) is 23.6. The highest BCUT2D eigenvalue weighted by Gasteiger charge is 2.33. The van der Waals surface area contributed by atoms with Crippen molar-refractivity contribution in [1.82, 2.24) is 0 Å². The van der Waals surface area contributed by atoms with Crippen LogP contribution in [0, 0.1) is 13.8 Å². The second-order valence-corrected chi connectivity index (χ2v) is 5.36. The van der Waals surface area contributed by atoms with E-state index >= 15 is 0 Å². The van der Waals surface area contributed by atoms with Crippen molar-refractivity contribution in [1.29, 1.82) is 0 Å². The Hall–Kier alpha value is -2.70. The molecule has 2 aromatic rings. The fraction of sp³-hybridized carbons (Fsp3) is 0.222. The Labute approximate surface area is 139 Å². The third-order valence-electron chi connectivity index (χ3n) is 3.26. The van der Waals surface area contributed by atoms with E-state index in [1.807, 2.05) is 13.8 Å². The zero-order valence-corrected chi connectivity index (χ0v) is 13.3. The number of rotatable bonds is 5. The summed E-state index contributed by atoms with van der Waals surface area (Å²) in [5, 5.41) is 19.5. The molecular formula is C18H18O6. The van der Waals surface area contributed by atoms with Crippen LogP contribution in [-0.4, -0.2) is 34.4 Å². The number of aliphatic hydroxyl groups is 2. The number of hydrogen-bond acceptors (Lipinski definition) is 6. The predicted molar refractivity (Wildman–Crippen MR) is 85.6 cm³/mol. The zero-order chi connectivity index (χ0) is 17.7. The zero-order valence-electron chi connectivity index (χ0n) is 13.3. The maximum atomic E-state index is 11.8. The Bertz CT molecular complexity index is 642. The fourth-order valence-electron chi connectivity index (χ4n) is 1.82. The minimum absolute atomic E-state index is 0.198. The minimum Gasteiger partial charge on any atom is -0.425 e. The smallest absolute Gasteiger partial charge is 0.343 e. The molecule has 1 unspecified atom stereocenters. The summed E-state index contributed by atoms with van der Waals surface area (Å²) in [6.45, 7) is 3.73. The van der Waals surface area contributed by atoms with Crippen LogP contribution in [-0.2, 0) is 9.59 Å². The number of esters is 2. The number of benzene rings is 2. The topological polar surface area (TPSA) is 93.1 Å². The van der Waals surface area contributed by atoms with Crippen LogP contribution in [0.25, 0.3) is 0 Å². The second-order valence-electron chi connectivity index (χ2n) is 5.36. The monoisotopic (exact) mass is 330 g/mol. The Morgan fingerprint density at radius 1 is 0.708 bits per heavy atom. The van der Waals surface area contributed by atoms with E-state index in [0.717, 1.165) is 11.1 Å². The van der Waals surface area contributed by atoms with E-state index in [1.54, 1.807) is 24.3 Å². The summed E-state index contributed by atoms with van der Waals surface area (Å²) in [5.74, 6) is -1.90. The summed E-state index contributed by atoms with van der Waals surface area (Å²) >= 11 is 0. The van der Waals surface area contributed by atoms with E-state index in [9.17, 15) is 19.8 Å². The van der Waals surface area contributed by atoms with Crippen LogP contribution in [0.1, 0.15) is 11.1 Å². The van der Waals surface area contributed by atoms with Crippen molar-refractivity contribution in [3.05, 3.63) is 59.7 Å². The fourth-order valence-corrected chi connectivity index (χ4v) is 1.82. The predicted octanol–water partition coefficient (Wildman–Crippen LogP) is 1.54. The van der Waals surface area contributed by atoms with Crippen molar-refractivity contribution in [3.63, 3.8) is 0 Å². The van der Waals surface area contributed by atoms with Gasteiger partial charge >= 0.3 is 11.9 Å². The van der Waals surface area contributed by atoms with Crippen LogP contribution < -0.4 is 9.47 Å². The minimum atomic E-state index is -2.05. The summed E-state index contributed by atoms with van der Waals surface area (Å²) in [5.41, 5.74) is 1.94. The van der Waals surface area contributed by atoms with E-state index < -0.39 is 24.1 Å². The number of carbonyl (C=O) groups excluding carboxylic acids is 2. The van der Waals surface area contributed by atoms with Gasteiger partial charge in [-0.05, 0) is 38.1 Å². The van der Waals surface area contributed by atoms with E-state index in [4.69, 9.17) is 9.47 Å². The van der Waals surface area contributed by atoms with Crippen molar-refractivity contribution in [2.75, 3.05) is 0 Å². The number of aliphatic hydroxyl groups excluding tert-OH is 2. The quantitative estimate of drug-likeness (QED) is 0.638. The number of aryl methyl sites for hydroxylation is 2. The van der Waals surface area contributed by atoms with Gasteiger partial charge in [-0.25, -0.2) is 9.59 Å². The van der Waals surface area contributed by atoms with Gasteiger partial charge in [-0.1, -0.05) is 35.4 Å². The van der Waals surface area contributed by atoms with Gasteiger partial charge in [0.2, 0.25) is 0 Å². The molecule has 2 N–H and O–H groups in total. The molecule has 0 heterocycles. The highest BCUT2D eigenvalue weighted by atomic mass is 16.6. The van der Waals surface area contributed by atoms with E-state index in [-0.39, 0.29) is 11.5 Å². The molecule has 0 amide bonds. The Morgan fingerprint density at radius 3 is 1.29 bits per heavy atom. The molecule has 2 aromatic carbocycles. The highest BCUT2D eigenvalue weighted by Crippen LogP contribution is 2.15. The van der Waals surface area contributed by atoms with E-state index in [0.29, 0.717) is 0 Å². The number of ether oxygens (including phenoxy) is 2. The van der Waals surface area contributed by atoms with Crippen LogP contribution in [0.15, 0.2) is 48.5 Å². The Balaban J connectivity index is 1.95. The second kappa shape index (κ2) is 7.72. The van der Waals surface area contributed by atoms with Gasteiger partial charge in [0.1, 0.15) is 11.5 Å². The molecule has 24 heavy (non-hydrogen) atoms. The molecule has 0 bridgehead atoms. The lowest BCUT2D eigenvalue weighted by atomic mass is 10.2. The van der Waals surface area contributed by atoms with Crippen molar-refractivity contribution in [2.24, 2.45) is 0 Å². The highest BCUT2D eigenvalue weighted by molar-refractivity contribution is 5.87. The molecule has 0 aliphatic heterocycles. The molecule has 0 aliphatic carbocycles. The summed E-state index contributed by atoms with van der Waals surface area (Å²) < 4.78 is 9.82. The molecule has 2 rings (SSSR count). The first-order chi connectivity index (χ1) is 11.4. The normalized spacial score (nSPS) is 13.0. The lowest BCUT2D eigenvalue weighted by molar-refractivity contribution is -0.162. The number of carbonyl (C=O) groups is 2. The summed E-state index contributed by atoms with van der Waals surface area (Å²) in [6.07, 6.45) is -4.10. The molecule has 0 spiro atoms. The lowest BCUT2D eigenvalue weighted by Crippen LogP contribution is -2.43. The van der Waals surface area contributed by atoms with Crippen molar-refractivity contribution in [2.45, 2.75) is 26.1 Å². The van der Waals surface area contributed by atoms with Crippen LogP contribution in [0.4, 0.5) is 0 Å². The summed E-state index contributed by atoms with van der Waals surface area (Å²) in [7, 11) is 0. The van der Waals surface area contributed by atoms with Gasteiger partial charge in [-0.15, -0.1) is 0 Å². The average Bonchev–Trinajstić information content (AvgIpc) is 2.57. The molecule has 126 valence electrons. The standard InChI is InChI=1S/C18H18O6/c1-11-3-7-13(8-4-11)23-17(21)15(19)16(20)18(22)24-14-9-5-12(2)6-10-14/h3-10,15-16,19-20H,1-2H3/t15-,16?/m1/s1. The number of hydrogen-bond donors (Lipinski definition) is 2. The molecule has 0 radical (unpaired) electrons. The maximum absolute atomic E-state index is 11.8. The molecule has 0 fully saturated rings. The first-order valence-corrected chi connectivity index (χ1v) is 7.29. The molecule has 0 saturated carbocycles. The van der Waals surface area contributed by atoms with Gasteiger partial charge in [-0.3, -0.25) is 0 Å². The Kier molecular flexibility index (Phi) is 5.68. The van der Waals surface area contributed by atoms with Gasteiger partial charge in [0.15, 0.2) is 12.2 Å². The first-order valence-electron chi connectivity index (χ1n) is 7.29. The SMILES string of the molecule is Cc1ccc(OC(=O)C(O)[C@@H](O)C(=O)Oc2ccc(C)cc2)cc1. The lowest BCUT2D eigenvalue weighted by Gasteiger charge is -2.15. The molecule has 0 saturated heterocycles. The van der Waals surface area contributed by atoms with Crippen LogP contribution >= 0.6 is 0 Å². The molecule has 0 aliphatic rings. The van der Waals surface area contributed by atoms with Crippen LogP contribution in [0.5, 0.6) is 11.5 Å². The average molecular weight is 330 g/mol. The van der Waals surface area contributed by atoms with E-state index in [1.165, 1.54) is 24.3 Å². The van der Waals surface area contributed by atoms with Gasteiger partial charge in [0.25, 0.3) is 0 Å². The van der Waals surface area contributed by atoms with Gasteiger partial charge < -0.3 is 19.7 Å². The molecule has 6 nitrogen and oxygen atoms in total. The van der Waals surface area contributed by atoms with Gasteiger partial charge in [0, 0.05) is 0 Å². The Morgan fingerprint density at radius 2 is 1.00 bits per heavy atom.